The van der Waals surface area contributed by atoms with Crippen molar-refractivity contribution in [3.63, 3.8) is 0 Å². The van der Waals surface area contributed by atoms with Gasteiger partial charge in [0, 0.05) is 57.3 Å². The van der Waals surface area contributed by atoms with E-state index in [4.69, 9.17) is 4.74 Å². The predicted octanol–water partition coefficient (Wildman–Crippen LogP) is 4.60. The van der Waals surface area contributed by atoms with Gasteiger partial charge in [-0.25, -0.2) is 9.07 Å². The molecule has 1 N–H and O–H groups in total. The number of aromatic nitrogens is 3. The summed E-state index contributed by atoms with van der Waals surface area (Å²) < 4.78 is 21.6. The normalized spacial score (nSPS) is 20.9. The summed E-state index contributed by atoms with van der Waals surface area (Å²) in [6.07, 6.45) is 5.00. The lowest BCUT2D eigenvalue weighted by molar-refractivity contribution is -0.0660. The quantitative estimate of drug-likeness (QED) is 0.501. The van der Waals surface area contributed by atoms with Gasteiger partial charge in [0.2, 0.25) is 5.95 Å². The van der Waals surface area contributed by atoms with Crippen molar-refractivity contribution in [3.8, 4) is 5.69 Å². The van der Waals surface area contributed by atoms with Gasteiger partial charge in [-0.1, -0.05) is 6.92 Å². The van der Waals surface area contributed by atoms with Crippen molar-refractivity contribution in [2.24, 2.45) is 0 Å². The van der Waals surface area contributed by atoms with E-state index in [1.807, 2.05) is 6.07 Å². The average molecular weight is 508 g/mol. The zero-order valence-electron chi connectivity index (χ0n) is 21.7. The molecule has 0 saturated carbocycles. The minimum atomic E-state index is -0.257. The van der Waals surface area contributed by atoms with Crippen molar-refractivity contribution < 1.29 is 10.6 Å². The Bertz CT molecular complexity index is 1240. The molecular formula is C28H38FN7O. The fourth-order valence-corrected chi connectivity index (χ4v) is 5.83. The van der Waals surface area contributed by atoms with Crippen LogP contribution in [-0.2, 0) is 4.74 Å². The van der Waals surface area contributed by atoms with Gasteiger partial charge in [0.15, 0.2) is 0 Å². The average Bonchev–Trinajstić information content (AvgIpc) is 3.52. The minimum absolute atomic E-state index is 0. The second-order valence-corrected chi connectivity index (χ2v) is 10.5. The molecule has 2 aromatic carbocycles. The molecule has 1 aromatic heterocycles. The van der Waals surface area contributed by atoms with Crippen LogP contribution in [0.5, 0.6) is 0 Å². The summed E-state index contributed by atoms with van der Waals surface area (Å²) in [7, 11) is 0. The van der Waals surface area contributed by atoms with E-state index >= 15 is 0 Å². The summed E-state index contributed by atoms with van der Waals surface area (Å²) in [6, 6.07) is 12.7. The van der Waals surface area contributed by atoms with Crippen molar-refractivity contribution in [2.75, 3.05) is 61.1 Å². The number of nitrogens with zero attached hydrogens (tertiary/aromatic N) is 6. The van der Waals surface area contributed by atoms with Gasteiger partial charge in [0.05, 0.1) is 24.9 Å². The van der Waals surface area contributed by atoms with Crippen LogP contribution in [0.3, 0.4) is 0 Å². The maximum Gasteiger partial charge on any atom is 0.246 e. The van der Waals surface area contributed by atoms with Gasteiger partial charge in [-0.3, -0.25) is 4.90 Å². The number of piperazine rings is 1. The first-order valence-corrected chi connectivity index (χ1v) is 13.5. The predicted molar refractivity (Wildman–Crippen MR) is 147 cm³/mol. The molecular weight excluding hydrogens is 469 g/mol. The molecule has 3 aliphatic heterocycles. The van der Waals surface area contributed by atoms with E-state index in [2.05, 4.69) is 62.1 Å². The van der Waals surface area contributed by atoms with Gasteiger partial charge in [0.25, 0.3) is 0 Å². The zero-order chi connectivity index (χ0) is 25.4. The van der Waals surface area contributed by atoms with Crippen LogP contribution < -0.4 is 15.1 Å². The van der Waals surface area contributed by atoms with E-state index in [-0.39, 0.29) is 7.24 Å². The van der Waals surface area contributed by atoms with E-state index in [0.29, 0.717) is 23.7 Å². The van der Waals surface area contributed by atoms with Gasteiger partial charge in [-0.2, -0.15) is 4.98 Å². The Morgan fingerprint density at radius 3 is 2.57 bits per heavy atom. The first-order chi connectivity index (χ1) is 18.1. The number of ether oxygens (including phenoxy) is 1. The number of anilines is 4. The molecule has 198 valence electrons. The van der Waals surface area contributed by atoms with Crippen molar-refractivity contribution in [1.29, 1.82) is 0 Å². The highest BCUT2D eigenvalue weighted by Crippen LogP contribution is 2.30. The fraction of sp³-hybridized carbons (Fsp3) is 0.500. The topological polar surface area (TPSA) is 61.7 Å². The van der Waals surface area contributed by atoms with E-state index in [1.165, 1.54) is 17.3 Å². The van der Waals surface area contributed by atoms with Gasteiger partial charge < -0.3 is 19.9 Å². The standard InChI is InChI=1S/C28H36FN7O.H2/c1-3-23-5-4-6-35(23)25-13-21(29)14-26(16-25)36-19-30-28(32-36)31-22-11-20(2)12-24(15-22)33-7-9-34(10-8-33)27-17-37-18-27;/h11-16,19,23,27H,3-10,17-18H2,1-2H3,(H,31,32);1H. The van der Waals surface area contributed by atoms with Crippen LogP contribution in [0.4, 0.5) is 27.4 Å². The third-order valence-corrected chi connectivity index (χ3v) is 7.94. The largest absolute Gasteiger partial charge is 0.378 e. The highest BCUT2D eigenvalue weighted by molar-refractivity contribution is 5.64. The summed E-state index contributed by atoms with van der Waals surface area (Å²) >= 11 is 0. The number of benzene rings is 2. The van der Waals surface area contributed by atoms with Crippen LogP contribution in [0.2, 0.25) is 0 Å². The lowest BCUT2D eigenvalue weighted by Crippen LogP contribution is -2.56. The van der Waals surface area contributed by atoms with E-state index in [1.54, 1.807) is 17.1 Å². The summed E-state index contributed by atoms with van der Waals surface area (Å²) in [5, 5.41) is 7.98. The van der Waals surface area contributed by atoms with Crippen molar-refractivity contribution >= 4 is 23.0 Å². The molecule has 8 nitrogen and oxygen atoms in total. The highest BCUT2D eigenvalue weighted by atomic mass is 19.1. The number of hydrogen-bond acceptors (Lipinski definition) is 7. The molecule has 6 rings (SSSR count). The number of halogens is 1. The molecule has 0 aliphatic carbocycles. The van der Waals surface area contributed by atoms with Crippen LogP contribution in [0, 0.1) is 12.7 Å². The Morgan fingerprint density at radius 2 is 1.81 bits per heavy atom. The van der Waals surface area contributed by atoms with Crippen LogP contribution in [-0.4, -0.2) is 77.7 Å². The Kier molecular flexibility index (Phi) is 6.73. The molecule has 3 aromatic rings. The fourth-order valence-electron chi connectivity index (χ4n) is 5.83. The second-order valence-electron chi connectivity index (χ2n) is 10.5. The minimum Gasteiger partial charge on any atom is -0.378 e. The molecule has 4 heterocycles. The van der Waals surface area contributed by atoms with Crippen LogP contribution in [0.25, 0.3) is 5.69 Å². The number of aryl methyl sites for hydroxylation is 1. The Morgan fingerprint density at radius 1 is 1.00 bits per heavy atom. The maximum atomic E-state index is 14.6. The lowest BCUT2D eigenvalue weighted by atomic mass is 10.1. The number of hydrogen-bond donors (Lipinski definition) is 1. The third kappa shape index (κ3) is 5.15. The monoisotopic (exact) mass is 507 g/mol. The van der Waals surface area contributed by atoms with Crippen LogP contribution in [0.15, 0.2) is 42.7 Å². The SMILES string of the molecule is CCC1CCCN1c1cc(F)cc(-n2cnc(Nc3cc(C)cc(N4CCN(C5COC5)CC4)c3)n2)c1.[HH]. The molecule has 0 radical (unpaired) electrons. The van der Waals surface area contributed by atoms with E-state index < -0.39 is 0 Å². The summed E-state index contributed by atoms with van der Waals surface area (Å²) in [5.74, 6) is 0.234. The maximum absolute atomic E-state index is 14.6. The Balaban J connectivity index is 0.00000294. The first-order valence-electron chi connectivity index (χ1n) is 13.5. The number of nitrogens with one attached hydrogen (secondary N) is 1. The van der Waals surface area contributed by atoms with Crippen molar-refractivity contribution in [1.82, 2.24) is 19.7 Å². The second kappa shape index (κ2) is 10.3. The van der Waals surface area contributed by atoms with Gasteiger partial charge in [0.1, 0.15) is 12.1 Å². The summed E-state index contributed by atoms with van der Waals surface area (Å²) in [5.41, 5.74) is 4.93. The molecule has 9 heteroatoms. The zero-order valence-corrected chi connectivity index (χ0v) is 21.7. The van der Waals surface area contributed by atoms with E-state index in [0.717, 1.165) is 76.6 Å². The molecule has 1 atom stereocenters. The molecule has 3 aliphatic rings. The Hall–Kier alpha value is -3.17. The molecule has 37 heavy (non-hydrogen) atoms. The van der Waals surface area contributed by atoms with Gasteiger partial charge >= 0.3 is 0 Å². The third-order valence-electron chi connectivity index (χ3n) is 7.94. The molecule has 3 saturated heterocycles. The summed E-state index contributed by atoms with van der Waals surface area (Å²) in [4.78, 5) is 11.8. The first kappa shape index (κ1) is 24.2. The molecule has 3 fully saturated rings. The van der Waals surface area contributed by atoms with Crippen LogP contribution in [0.1, 0.15) is 33.2 Å². The molecule has 0 amide bonds. The lowest BCUT2D eigenvalue weighted by Gasteiger charge is -2.43. The molecule has 0 spiro atoms. The summed E-state index contributed by atoms with van der Waals surface area (Å²) in [6.45, 7) is 11.1. The molecule has 0 bridgehead atoms. The highest BCUT2D eigenvalue weighted by Gasteiger charge is 2.29. The van der Waals surface area contributed by atoms with Crippen LogP contribution >= 0.6 is 0 Å². The smallest absolute Gasteiger partial charge is 0.246 e. The van der Waals surface area contributed by atoms with Crippen molar-refractivity contribution in [3.05, 3.63) is 54.1 Å². The Labute approximate surface area is 219 Å². The van der Waals surface area contributed by atoms with Crippen molar-refractivity contribution in [2.45, 2.75) is 45.2 Å². The van der Waals surface area contributed by atoms with Gasteiger partial charge in [-0.15, -0.1) is 5.10 Å². The molecule has 1 unspecified atom stereocenters. The van der Waals surface area contributed by atoms with E-state index in [9.17, 15) is 4.39 Å². The number of rotatable bonds is 7. The van der Waals surface area contributed by atoms with Gasteiger partial charge in [-0.05, 0) is 68.1 Å².